The minimum atomic E-state index is -1.11. The fourth-order valence-corrected chi connectivity index (χ4v) is 7.47. The van der Waals surface area contributed by atoms with E-state index in [1.807, 2.05) is 0 Å². The van der Waals surface area contributed by atoms with Crippen molar-refractivity contribution >= 4 is 53.2 Å². The highest BCUT2D eigenvalue weighted by molar-refractivity contribution is 5.98. The van der Waals surface area contributed by atoms with Crippen LogP contribution in [0.15, 0.2) is 0 Å². The van der Waals surface area contributed by atoms with Crippen LogP contribution in [0.2, 0.25) is 0 Å². The first-order chi connectivity index (χ1) is 25.5. The van der Waals surface area contributed by atoms with Gasteiger partial charge < -0.3 is 51.7 Å². The summed E-state index contributed by atoms with van der Waals surface area (Å²) in [7, 11) is 0. The summed E-state index contributed by atoms with van der Waals surface area (Å²) in [5, 5.41) is 25.6. The third-order valence-corrected chi connectivity index (χ3v) is 10.6. The molecule has 7 N–H and O–H groups in total. The zero-order chi connectivity index (χ0) is 39.9. The molecule has 0 unspecified atom stereocenters. The monoisotopic (exact) mass is 761 g/mol. The molecule has 0 spiro atoms. The topological polar surface area (TPSA) is 256 Å². The Morgan fingerprint density at radius 3 is 1.28 bits per heavy atom. The molecule has 4 aliphatic rings. The van der Waals surface area contributed by atoms with Crippen LogP contribution in [0.4, 0.5) is 0 Å². The predicted octanol–water partition coefficient (Wildman–Crippen LogP) is -2.68. The predicted molar refractivity (Wildman–Crippen MR) is 191 cm³/mol. The number of aliphatic carboxylic acids is 1. The van der Waals surface area contributed by atoms with Crippen molar-refractivity contribution in [3.63, 3.8) is 0 Å². The van der Waals surface area contributed by atoms with Crippen molar-refractivity contribution in [2.75, 3.05) is 26.2 Å². The maximum Gasteiger partial charge on any atom is 0.326 e. The van der Waals surface area contributed by atoms with Crippen molar-refractivity contribution in [3.05, 3.63) is 0 Å². The van der Waals surface area contributed by atoms with Crippen LogP contribution >= 0.6 is 0 Å². The first-order valence-electron chi connectivity index (χ1n) is 18.9. The highest BCUT2D eigenvalue weighted by atomic mass is 16.4. The molecule has 0 saturated carbocycles. The van der Waals surface area contributed by atoms with E-state index >= 15 is 0 Å². The Bertz CT molecular complexity index is 1490. The smallest absolute Gasteiger partial charge is 0.326 e. The number of rotatable bonds is 14. The average molecular weight is 762 g/mol. The van der Waals surface area contributed by atoms with Gasteiger partial charge in [-0.15, -0.1) is 0 Å². The molecule has 300 valence electrons. The zero-order valence-corrected chi connectivity index (χ0v) is 31.6. The lowest BCUT2D eigenvalue weighted by molar-refractivity contribution is -0.149. The number of amides is 8. The third kappa shape index (κ3) is 10.0. The molecule has 54 heavy (non-hydrogen) atoms. The fourth-order valence-electron chi connectivity index (χ4n) is 7.47. The van der Waals surface area contributed by atoms with Crippen LogP contribution in [0.1, 0.15) is 86.0 Å². The number of carboxylic acid groups (broad SMARTS) is 1. The molecule has 4 rings (SSSR count). The molecule has 0 aliphatic carbocycles. The van der Waals surface area contributed by atoms with Crippen LogP contribution in [0.3, 0.4) is 0 Å². The highest BCUT2D eigenvalue weighted by Gasteiger charge is 2.41. The number of hydrogen-bond donors (Lipinski definition) is 7. The number of carboxylic acids is 1. The lowest BCUT2D eigenvalue weighted by atomic mass is 10.1. The summed E-state index contributed by atoms with van der Waals surface area (Å²) < 4.78 is 0. The summed E-state index contributed by atoms with van der Waals surface area (Å²) in [4.78, 5) is 120. The second kappa shape index (κ2) is 18.5. The summed E-state index contributed by atoms with van der Waals surface area (Å²) in [5.74, 6) is -5.28. The van der Waals surface area contributed by atoms with E-state index in [2.05, 4.69) is 31.9 Å². The molecule has 4 saturated heterocycles. The second-order valence-corrected chi connectivity index (χ2v) is 14.7. The van der Waals surface area contributed by atoms with Gasteiger partial charge in [0.05, 0.1) is 6.04 Å². The summed E-state index contributed by atoms with van der Waals surface area (Å²) >= 11 is 0. The van der Waals surface area contributed by atoms with Crippen LogP contribution in [0.25, 0.3) is 0 Å². The van der Waals surface area contributed by atoms with E-state index in [9.17, 15) is 48.3 Å². The Balaban J connectivity index is 1.24. The van der Waals surface area contributed by atoms with E-state index in [1.54, 1.807) is 0 Å². The van der Waals surface area contributed by atoms with Gasteiger partial charge >= 0.3 is 5.97 Å². The summed E-state index contributed by atoms with van der Waals surface area (Å²) in [5.41, 5.74) is 0. The van der Waals surface area contributed by atoms with Gasteiger partial charge in [0, 0.05) is 19.6 Å². The summed E-state index contributed by atoms with van der Waals surface area (Å²) in [6.45, 7) is 8.89. The van der Waals surface area contributed by atoms with Gasteiger partial charge in [-0.05, 0) is 92.5 Å². The zero-order valence-electron chi connectivity index (χ0n) is 31.6. The molecule has 4 heterocycles. The number of carbonyl (C=O) groups is 9. The van der Waals surface area contributed by atoms with Crippen LogP contribution in [-0.2, 0) is 43.2 Å². The van der Waals surface area contributed by atoms with Crippen molar-refractivity contribution in [2.45, 2.75) is 140 Å². The van der Waals surface area contributed by atoms with Gasteiger partial charge in [0.1, 0.15) is 48.3 Å². The van der Waals surface area contributed by atoms with Gasteiger partial charge in [-0.25, -0.2) is 4.79 Å². The Labute approximate surface area is 314 Å². The minimum absolute atomic E-state index is 0.245. The normalized spacial score (nSPS) is 25.2. The average Bonchev–Trinajstić information content (AvgIpc) is 3.96. The molecular formula is C35H55N9O10. The molecule has 0 aromatic heterocycles. The largest absolute Gasteiger partial charge is 0.480 e. The van der Waals surface area contributed by atoms with E-state index in [1.165, 1.54) is 49.3 Å². The standard InChI is InChI=1S/C35H55N9O10/c1-18(37-29(47)23-10-6-14-36-23)27(45)39-20(3)32(50)42-15-7-11-24(42)30(48)38-19(2)28(46)40-21(4)33(51)43-16-8-12-25(43)31(49)41-22(5)34(52)44-17-9-13-26(44)35(53)54/h18-26,36H,6-17H2,1-5H3,(H,37,47)(H,38,48)(H,39,45)(H,40,46)(H,41,49)(H,53,54)/t18-,19-,20-,21-,22-,23-,24-,25-,26-/m0/s1. The first-order valence-corrected chi connectivity index (χ1v) is 18.9. The molecule has 19 heteroatoms. The maximum absolute atomic E-state index is 13.4. The molecule has 0 aromatic rings. The SMILES string of the molecule is C[C@H](NC(=O)[C@@H]1CCCN1)C(=O)N[C@@H](C)C(=O)N1CCC[C@H]1C(=O)N[C@@H](C)C(=O)N[C@@H](C)C(=O)N1CCC[C@H]1C(=O)N[C@@H](C)C(=O)N1CCC[C@H]1C(=O)O. The number of nitrogens with zero attached hydrogens (tertiary/aromatic N) is 3. The van der Waals surface area contributed by atoms with Crippen LogP contribution in [0, 0.1) is 0 Å². The molecule has 4 fully saturated rings. The van der Waals surface area contributed by atoms with Crippen molar-refractivity contribution in [3.8, 4) is 0 Å². The second-order valence-electron chi connectivity index (χ2n) is 14.7. The van der Waals surface area contributed by atoms with Crippen LogP contribution in [0.5, 0.6) is 0 Å². The van der Waals surface area contributed by atoms with Crippen LogP contribution in [-0.4, -0.2) is 154 Å². The Morgan fingerprint density at radius 1 is 0.500 bits per heavy atom. The number of likely N-dealkylation sites (tertiary alicyclic amines) is 3. The van der Waals surface area contributed by atoms with Gasteiger partial charge in [-0.3, -0.25) is 38.4 Å². The van der Waals surface area contributed by atoms with Crippen molar-refractivity contribution in [1.82, 2.24) is 46.6 Å². The summed E-state index contributed by atoms with van der Waals surface area (Å²) in [6, 6.07) is -8.14. The molecule has 8 amide bonds. The third-order valence-electron chi connectivity index (χ3n) is 10.6. The molecule has 9 atom stereocenters. The molecular weight excluding hydrogens is 706 g/mol. The quantitative estimate of drug-likeness (QED) is 0.0960. The van der Waals surface area contributed by atoms with Gasteiger partial charge in [-0.1, -0.05) is 0 Å². The highest BCUT2D eigenvalue weighted by Crippen LogP contribution is 2.22. The van der Waals surface area contributed by atoms with E-state index in [4.69, 9.17) is 0 Å². The van der Waals surface area contributed by atoms with Gasteiger partial charge in [-0.2, -0.15) is 0 Å². The van der Waals surface area contributed by atoms with Gasteiger partial charge in [0.2, 0.25) is 47.3 Å². The Hall–Kier alpha value is -4.81. The van der Waals surface area contributed by atoms with Crippen LogP contribution < -0.4 is 31.9 Å². The fraction of sp³-hybridized carbons (Fsp3) is 0.743. The lowest BCUT2D eigenvalue weighted by Gasteiger charge is -2.30. The van der Waals surface area contributed by atoms with E-state index < -0.39 is 95.7 Å². The lowest BCUT2D eigenvalue weighted by Crippen LogP contribution is -2.58. The first kappa shape index (κ1) is 41.9. The Kier molecular flexibility index (Phi) is 14.4. The molecule has 4 aliphatic heterocycles. The van der Waals surface area contributed by atoms with E-state index in [-0.39, 0.29) is 31.6 Å². The van der Waals surface area contributed by atoms with Crippen molar-refractivity contribution < 1.29 is 48.3 Å². The summed E-state index contributed by atoms with van der Waals surface area (Å²) in [6.07, 6.45) is 4.12. The van der Waals surface area contributed by atoms with Crippen molar-refractivity contribution in [1.29, 1.82) is 0 Å². The van der Waals surface area contributed by atoms with E-state index in [0.717, 1.165) is 13.0 Å². The Morgan fingerprint density at radius 2 is 0.870 bits per heavy atom. The van der Waals surface area contributed by atoms with Gasteiger partial charge in [0.15, 0.2) is 0 Å². The minimum Gasteiger partial charge on any atom is -0.480 e. The van der Waals surface area contributed by atoms with E-state index in [0.29, 0.717) is 44.9 Å². The molecule has 0 radical (unpaired) electrons. The molecule has 19 nitrogen and oxygen atoms in total. The number of carbonyl (C=O) groups excluding carboxylic acids is 8. The molecule has 0 aromatic carbocycles. The molecule has 0 bridgehead atoms. The number of hydrogen-bond acceptors (Lipinski definition) is 10. The van der Waals surface area contributed by atoms with Crippen molar-refractivity contribution in [2.24, 2.45) is 0 Å². The van der Waals surface area contributed by atoms with Gasteiger partial charge in [0.25, 0.3) is 0 Å². The maximum atomic E-state index is 13.4. The number of nitrogens with one attached hydrogen (secondary N) is 6.